The number of sulfonamides is 1. The fourth-order valence-electron chi connectivity index (χ4n) is 2.56. The average molecular weight is 465 g/mol. The molecule has 30 heavy (non-hydrogen) atoms. The van der Waals surface area contributed by atoms with E-state index < -0.39 is 21.8 Å². The molecule has 2 amide bonds. The second kappa shape index (κ2) is 8.82. The molecule has 0 atom stereocenters. The Labute approximate surface area is 182 Å². The van der Waals surface area contributed by atoms with Gasteiger partial charge in [0, 0.05) is 11.1 Å². The van der Waals surface area contributed by atoms with Gasteiger partial charge in [0.15, 0.2) is 5.13 Å². The lowest BCUT2D eigenvalue weighted by Gasteiger charge is -2.11. The van der Waals surface area contributed by atoms with Gasteiger partial charge in [-0.25, -0.2) is 13.4 Å². The highest BCUT2D eigenvalue weighted by atomic mass is 35.5. The SMILES string of the molecule is Cc1cccc(NS(=O)(=O)c2ccc(Cl)c(C(=O)Nc3nc(CC(N)=O)cs3)c2)c1. The highest BCUT2D eigenvalue weighted by molar-refractivity contribution is 7.92. The van der Waals surface area contributed by atoms with Crippen LogP contribution in [0.15, 0.2) is 52.7 Å². The molecule has 1 heterocycles. The molecule has 3 rings (SSSR count). The fourth-order valence-corrected chi connectivity index (χ4v) is 4.54. The summed E-state index contributed by atoms with van der Waals surface area (Å²) in [5.74, 6) is -1.17. The number of hydrogen-bond acceptors (Lipinski definition) is 6. The molecular weight excluding hydrogens is 448 g/mol. The van der Waals surface area contributed by atoms with Crippen LogP contribution in [-0.4, -0.2) is 25.2 Å². The van der Waals surface area contributed by atoms with Crippen LogP contribution in [0.25, 0.3) is 0 Å². The number of aromatic nitrogens is 1. The van der Waals surface area contributed by atoms with E-state index in [0.29, 0.717) is 11.4 Å². The molecule has 0 aliphatic rings. The first-order chi connectivity index (χ1) is 14.1. The van der Waals surface area contributed by atoms with Crippen molar-refractivity contribution in [1.82, 2.24) is 4.98 Å². The predicted molar refractivity (Wildman–Crippen MR) is 116 cm³/mol. The smallest absolute Gasteiger partial charge is 0.261 e. The molecule has 11 heteroatoms. The van der Waals surface area contributed by atoms with Crippen molar-refractivity contribution in [1.29, 1.82) is 0 Å². The largest absolute Gasteiger partial charge is 0.369 e. The van der Waals surface area contributed by atoms with Crippen LogP contribution in [0.2, 0.25) is 5.02 Å². The van der Waals surface area contributed by atoms with Crippen molar-refractivity contribution in [3.8, 4) is 0 Å². The lowest BCUT2D eigenvalue weighted by molar-refractivity contribution is -0.117. The Bertz CT molecular complexity index is 1220. The van der Waals surface area contributed by atoms with Gasteiger partial charge in [-0.3, -0.25) is 19.6 Å². The third-order valence-corrected chi connectivity index (χ3v) is 6.41. The molecule has 156 valence electrons. The van der Waals surface area contributed by atoms with Gasteiger partial charge in [0.1, 0.15) is 0 Å². The van der Waals surface area contributed by atoms with Gasteiger partial charge >= 0.3 is 0 Å². The fraction of sp³-hybridized carbons (Fsp3) is 0.105. The van der Waals surface area contributed by atoms with E-state index in [9.17, 15) is 18.0 Å². The van der Waals surface area contributed by atoms with Crippen LogP contribution in [0.4, 0.5) is 10.8 Å². The number of rotatable bonds is 7. The van der Waals surface area contributed by atoms with Crippen molar-refractivity contribution in [2.45, 2.75) is 18.2 Å². The van der Waals surface area contributed by atoms with Gasteiger partial charge in [0.05, 0.1) is 27.6 Å². The zero-order valence-corrected chi connectivity index (χ0v) is 18.1. The minimum atomic E-state index is -3.94. The van der Waals surface area contributed by atoms with E-state index in [0.717, 1.165) is 16.9 Å². The van der Waals surface area contributed by atoms with E-state index in [1.54, 1.807) is 23.6 Å². The van der Waals surface area contributed by atoms with Gasteiger partial charge in [-0.05, 0) is 42.8 Å². The maximum atomic E-state index is 12.7. The van der Waals surface area contributed by atoms with Crippen LogP contribution in [0.5, 0.6) is 0 Å². The maximum Gasteiger partial charge on any atom is 0.261 e. The number of hydrogen-bond donors (Lipinski definition) is 3. The molecular formula is C19H17ClN4O4S2. The topological polar surface area (TPSA) is 131 Å². The Kier molecular flexibility index (Phi) is 6.40. The minimum absolute atomic E-state index is 0.0320. The van der Waals surface area contributed by atoms with Gasteiger partial charge in [0.25, 0.3) is 15.9 Å². The number of benzene rings is 2. The Hall–Kier alpha value is -2.95. The van der Waals surface area contributed by atoms with Crippen LogP contribution >= 0.6 is 22.9 Å². The Morgan fingerprint density at radius 2 is 1.97 bits per heavy atom. The number of nitrogens with zero attached hydrogens (tertiary/aromatic N) is 1. The number of amides is 2. The number of carbonyl (C=O) groups is 2. The van der Waals surface area contributed by atoms with Gasteiger partial charge in [0.2, 0.25) is 5.91 Å². The van der Waals surface area contributed by atoms with E-state index in [4.69, 9.17) is 17.3 Å². The van der Waals surface area contributed by atoms with Gasteiger partial charge in [-0.15, -0.1) is 11.3 Å². The zero-order chi connectivity index (χ0) is 21.9. The molecule has 0 aliphatic heterocycles. The highest BCUT2D eigenvalue weighted by Gasteiger charge is 2.20. The quantitative estimate of drug-likeness (QED) is 0.494. The molecule has 2 aromatic carbocycles. The van der Waals surface area contributed by atoms with Crippen molar-refractivity contribution in [3.05, 3.63) is 69.7 Å². The molecule has 4 N–H and O–H groups in total. The van der Waals surface area contributed by atoms with Gasteiger partial charge in [-0.2, -0.15) is 0 Å². The van der Waals surface area contributed by atoms with Crippen LogP contribution in [0.3, 0.4) is 0 Å². The van der Waals surface area contributed by atoms with Gasteiger partial charge < -0.3 is 5.73 Å². The van der Waals surface area contributed by atoms with Crippen molar-refractivity contribution in [2.75, 3.05) is 10.0 Å². The van der Waals surface area contributed by atoms with E-state index in [1.807, 2.05) is 13.0 Å². The van der Waals surface area contributed by atoms with Crippen molar-refractivity contribution in [3.63, 3.8) is 0 Å². The van der Waals surface area contributed by atoms with E-state index in [1.165, 1.54) is 18.2 Å². The molecule has 0 aliphatic carbocycles. The number of nitrogens with one attached hydrogen (secondary N) is 2. The summed E-state index contributed by atoms with van der Waals surface area (Å²) in [6, 6.07) is 10.7. The summed E-state index contributed by atoms with van der Waals surface area (Å²) in [5.41, 5.74) is 6.81. The molecule has 8 nitrogen and oxygen atoms in total. The van der Waals surface area contributed by atoms with E-state index in [2.05, 4.69) is 15.0 Å². The summed E-state index contributed by atoms with van der Waals surface area (Å²) in [6.07, 6.45) is -0.0501. The summed E-state index contributed by atoms with van der Waals surface area (Å²) in [7, 11) is -3.94. The number of anilines is 2. The third-order valence-electron chi connectivity index (χ3n) is 3.89. The standard InChI is InChI=1S/C19H17ClN4O4S2/c1-11-3-2-4-12(7-11)24-30(27,28)14-5-6-16(20)15(9-14)18(26)23-19-22-13(10-29-19)8-17(21)25/h2-7,9-10,24H,8H2,1H3,(H2,21,25)(H,22,23,26). The normalized spacial score (nSPS) is 11.1. The minimum Gasteiger partial charge on any atom is -0.369 e. The van der Waals surface area contributed by atoms with E-state index >= 15 is 0 Å². The molecule has 0 spiro atoms. The molecule has 3 aromatic rings. The zero-order valence-electron chi connectivity index (χ0n) is 15.7. The van der Waals surface area contributed by atoms with E-state index in [-0.39, 0.29) is 27.0 Å². The summed E-state index contributed by atoms with van der Waals surface area (Å²) >= 11 is 7.22. The van der Waals surface area contributed by atoms with Crippen molar-refractivity contribution in [2.24, 2.45) is 5.73 Å². The third kappa shape index (κ3) is 5.35. The number of carbonyl (C=O) groups excluding carboxylic acids is 2. The van der Waals surface area contributed by atoms with Gasteiger partial charge in [-0.1, -0.05) is 23.7 Å². The number of thiazole rings is 1. The first-order valence-electron chi connectivity index (χ1n) is 8.57. The van der Waals surface area contributed by atoms with Crippen LogP contribution in [-0.2, 0) is 21.2 Å². The number of halogens is 1. The number of nitrogens with two attached hydrogens (primary N) is 1. The Balaban J connectivity index is 1.82. The lowest BCUT2D eigenvalue weighted by Crippen LogP contribution is -2.17. The lowest BCUT2D eigenvalue weighted by atomic mass is 10.2. The molecule has 0 fully saturated rings. The van der Waals surface area contributed by atoms with Crippen LogP contribution in [0.1, 0.15) is 21.6 Å². The molecule has 0 unspecified atom stereocenters. The predicted octanol–water partition coefficient (Wildman–Crippen LogP) is 3.19. The molecule has 1 aromatic heterocycles. The molecule has 0 bridgehead atoms. The summed E-state index contributed by atoms with van der Waals surface area (Å²) in [6.45, 7) is 1.84. The molecule has 0 saturated heterocycles. The van der Waals surface area contributed by atoms with Crippen LogP contribution < -0.4 is 15.8 Å². The first kappa shape index (κ1) is 21.8. The summed E-state index contributed by atoms with van der Waals surface area (Å²) in [4.78, 5) is 27.6. The monoisotopic (exact) mass is 464 g/mol. The Morgan fingerprint density at radius 3 is 2.67 bits per heavy atom. The van der Waals surface area contributed by atoms with Crippen molar-refractivity contribution >= 4 is 55.6 Å². The maximum absolute atomic E-state index is 12.7. The summed E-state index contributed by atoms with van der Waals surface area (Å²) < 4.78 is 27.9. The second-order valence-corrected chi connectivity index (χ2v) is 9.31. The first-order valence-corrected chi connectivity index (χ1v) is 11.3. The average Bonchev–Trinajstić information content (AvgIpc) is 3.07. The van der Waals surface area contributed by atoms with Crippen LogP contribution in [0, 0.1) is 6.92 Å². The number of aryl methyl sites for hydroxylation is 1. The number of primary amides is 1. The van der Waals surface area contributed by atoms with Crippen molar-refractivity contribution < 1.29 is 18.0 Å². The summed E-state index contributed by atoms with van der Waals surface area (Å²) in [5, 5.41) is 4.45. The second-order valence-electron chi connectivity index (χ2n) is 6.36. The molecule has 0 radical (unpaired) electrons. The molecule has 0 saturated carbocycles. The highest BCUT2D eigenvalue weighted by Crippen LogP contribution is 2.25. The Morgan fingerprint density at radius 1 is 1.20 bits per heavy atom.